The average Bonchev–Trinajstić information content (AvgIpc) is 2.59. The zero-order valence-electron chi connectivity index (χ0n) is 13.6. The summed E-state index contributed by atoms with van der Waals surface area (Å²) in [5.41, 5.74) is 7.16. The zero-order chi connectivity index (χ0) is 16.1. The van der Waals surface area contributed by atoms with Crippen LogP contribution in [0.15, 0.2) is 72.8 Å². The Morgan fingerprint density at radius 2 is 1.26 bits per heavy atom. The second-order valence-corrected chi connectivity index (χ2v) is 5.64. The van der Waals surface area contributed by atoms with Crippen molar-refractivity contribution in [3.63, 3.8) is 0 Å². The van der Waals surface area contributed by atoms with Crippen LogP contribution in [-0.4, -0.2) is 0 Å². The summed E-state index contributed by atoms with van der Waals surface area (Å²) in [4.78, 5) is 0. The Morgan fingerprint density at radius 1 is 0.652 bits per heavy atom. The third-order valence-corrected chi connectivity index (χ3v) is 4.05. The Balaban J connectivity index is 1.73. The standard InChI is InChI=1S/C21H22N2/c1-3-17-8-7-11-21(16(17)2)23-20-14-12-19(13-15-20)22-18-9-5-4-6-10-18/h4-15,22-23H,3H2,1-2H3. The van der Waals surface area contributed by atoms with Crippen molar-refractivity contribution in [1.82, 2.24) is 0 Å². The van der Waals surface area contributed by atoms with Crippen molar-refractivity contribution in [3.8, 4) is 0 Å². The van der Waals surface area contributed by atoms with E-state index in [9.17, 15) is 0 Å². The molecule has 2 nitrogen and oxygen atoms in total. The van der Waals surface area contributed by atoms with Gasteiger partial charge in [0.1, 0.15) is 0 Å². The molecule has 0 bridgehead atoms. The Bertz CT molecular complexity index is 762. The van der Waals surface area contributed by atoms with Crippen LogP contribution in [0.5, 0.6) is 0 Å². The van der Waals surface area contributed by atoms with E-state index in [2.05, 4.69) is 79.1 Å². The first-order valence-corrected chi connectivity index (χ1v) is 8.04. The predicted octanol–water partition coefficient (Wildman–Crippen LogP) is 6.04. The molecule has 2 N–H and O–H groups in total. The Kier molecular flexibility index (Phi) is 4.62. The molecule has 0 aromatic heterocycles. The molecular formula is C21H22N2. The monoisotopic (exact) mass is 302 g/mol. The number of para-hydroxylation sites is 1. The molecule has 0 unspecified atom stereocenters. The fourth-order valence-electron chi connectivity index (χ4n) is 2.68. The third-order valence-electron chi connectivity index (χ3n) is 4.05. The van der Waals surface area contributed by atoms with E-state index in [1.165, 1.54) is 16.8 Å². The van der Waals surface area contributed by atoms with Gasteiger partial charge in [0, 0.05) is 22.7 Å². The summed E-state index contributed by atoms with van der Waals surface area (Å²) in [7, 11) is 0. The molecule has 3 aromatic rings. The molecule has 0 atom stereocenters. The highest BCUT2D eigenvalue weighted by Gasteiger charge is 2.03. The number of hydrogen-bond acceptors (Lipinski definition) is 2. The third kappa shape index (κ3) is 3.72. The lowest BCUT2D eigenvalue weighted by Crippen LogP contribution is -1.96. The van der Waals surface area contributed by atoms with Crippen molar-refractivity contribution in [3.05, 3.63) is 83.9 Å². The molecule has 0 heterocycles. The van der Waals surface area contributed by atoms with Crippen molar-refractivity contribution >= 4 is 22.7 Å². The number of hydrogen-bond donors (Lipinski definition) is 2. The summed E-state index contributed by atoms with van der Waals surface area (Å²) in [6.45, 7) is 4.36. The number of rotatable bonds is 5. The lowest BCUT2D eigenvalue weighted by atomic mass is 10.0. The number of benzene rings is 3. The van der Waals surface area contributed by atoms with E-state index in [4.69, 9.17) is 0 Å². The minimum Gasteiger partial charge on any atom is -0.356 e. The zero-order valence-corrected chi connectivity index (χ0v) is 13.6. The van der Waals surface area contributed by atoms with Crippen molar-refractivity contribution in [2.75, 3.05) is 10.6 Å². The Labute approximate surface area is 138 Å². The molecule has 0 fully saturated rings. The van der Waals surface area contributed by atoms with Gasteiger partial charge in [-0.1, -0.05) is 37.3 Å². The van der Waals surface area contributed by atoms with E-state index in [-0.39, 0.29) is 0 Å². The van der Waals surface area contributed by atoms with Gasteiger partial charge >= 0.3 is 0 Å². The normalized spacial score (nSPS) is 10.3. The first kappa shape index (κ1) is 15.2. The minimum atomic E-state index is 1.06. The molecule has 2 heteroatoms. The summed E-state index contributed by atoms with van der Waals surface area (Å²) in [5, 5.41) is 6.91. The van der Waals surface area contributed by atoms with E-state index in [1.807, 2.05) is 18.2 Å². The maximum atomic E-state index is 3.51. The molecule has 0 aliphatic carbocycles. The fraction of sp³-hybridized carbons (Fsp3) is 0.143. The highest BCUT2D eigenvalue weighted by atomic mass is 14.9. The fourth-order valence-corrected chi connectivity index (χ4v) is 2.68. The molecule has 0 aliphatic rings. The second kappa shape index (κ2) is 7.01. The smallest absolute Gasteiger partial charge is 0.0416 e. The van der Waals surface area contributed by atoms with Crippen molar-refractivity contribution in [2.24, 2.45) is 0 Å². The summed E-state index contributed by atoms with van der Waals surface area (Å²) < 4.78 is 0. The van der Waals surface area contributed by atoms with Crippen LogP contribution in [0, 0.1) is 6.92 Å². The summed E-state index contributed by atoms with van der Waals surface area (Å²) >= 11 is 0. The van der Waals surface area contributed by atoms with Crippen molar-refractivity contribution < 1.29 is 0 Å². The number of aryl methyl sites for hydroxylation is 1. The molecule has 23 heavy (non-hydrogen) atoms. The van der Waals surface area contributed by atoms with Crippen LogP contribution in [-0.2, 0) is 6.42 Å². The van der Waals surface area contributed by atoms with Crippen LogP contribution in [0.1, 0.15) is 18.1 Å². The highest BCUT2D eigenvalue weighted by Crippen LogP contribution is 2.25. The first-order valence-electron chi connectivity index (χ1n) is 8.04. The predicted molar refractivity (Wildman–Crippen MR) is 100 cm³/mol. The SMILES string of the molecule is CCc1cccc(Nc2ccc(Nc3ccccc3)cc2)c1C. The van der Waals surface area contributed by atoms with Gasteiger partial charge in [0.05, 0.1) is 0 Å². The largest absolute Gasteiger partial charge is 0.356 e. The van der Waals surface area contributed by atoms with Crippen LogP contribution >= 0.6 is 0 Å². The summed E-state index contributed by atoms with van der Waals surface area (Å²) in [5.74, 6) is 0. The lowest BCUT2D eigenvalue weighted by molar-refractivity contribution is 1.11. The Hall–Kier alpha value is -2.74. The minimum absolute atomic E-state index is 1.06. The number of anilines is 4. The first-order chi connectivity index (χ1) is 11.3. The van der Waals surface area contributed by atoms with E-state index >= 15 is 0 Å². The molecule has 3 rings (SSSR count). The molecule has 0 saturated heterocycles. The van der Waals surface area contributed by atoms with Gasteiger partial charge in [-0.3, -0.25) is 0 Å². The average molecular weight is 302 g/mol. The van der Waals surface area contributed by atoms with Crippen LogP contribution in [0.3, 0.4) is 0 Å². The molecule has 0 aliphatic heterocycles. The number of nitrogens with one attached hydrogen (secondary N) is 2. The Morgan fingerprint density at radius 3 is 1.91 bits per heavy atom. The lowest BCUT2D eigenvalue weighted by Gasteiger charge is -2.13. The summed E-state index contributed by atoms with van der Waals surface area (Å²) in [6, 6.07) is 25.0. The highest BCUT2D eigenvalue weighted by molar-refractivity contribution is 5.68. The van der Waals surface area contributed by atoms with E-state index in [0.29, 0.717) is 0 Å². The van der Waals surface area contributed by atoms with Gasteiger partial charge in [0.15, 0.2) is 0 Å². The molecular weight excluding hydrogens is 280 g/mol. The van der Waals surface area contributed by atoms with E-state index < -0.39 is 0 Å². The topological polar surface area (TPSA) is 24.1 Å². The van der Waals surface area contributed by atoms with Gasteiger partial charge in [-0.15, -0.1) is 0 Å². The quantitative estimate of drug-likeness (QED) is 0.600. The molecule has 3 aromatic carbocycles. The van der Waals surface area contributed by atoms with Crippen LogP contribution in [0.25, 0.3) is 0 Å². The van der Waals surface area contributed by atoms with Gasteiger partial charge in [-0.2, -0.15) is 0 Å². The van der Waals surface area contributed by atoms with Crippen LogP contribution < -0.4 is 10.6 Å². The van der Waals surface area contributed by atoms with Gasteiger partial charge in [0.2, 0.25) is 0 Å². The van der Waals surface area contributed by atoms with Crippen LogP contribution in [0.4, 0.5) is 22.7 Å². The van der Waals surface area contributed by atoms with Crippen molar-refractivity contribution in [1.29, 1.82) is 0 Å². The van der Waals surface area contributed by atoms with Gasteiger partial charge in [-0.25, -0.2) is 0 Å². The van der Waals surface area contributed by atoms with Gasteiger partial charge < -0.3 is 10.6 Å². The second-order valence-electron chi connectivity index (χ2n) is 5.64. The molecule has 0 spiro atoms. The molecule has 0 radical (unpaired) electrons. The molecule has 0 amide bonds. The van der Waals surface area contributed by atoms with E-state index in [1.54, 1.807) is 0 Å². The van der Waals surface area contributed by atoms with Crippen molar-refractivity contribution in [2.45, 2.75) is 20.3 Å². The molecule has 116 valence electrons. The van der Waals surface area contributed by atoms with Gasteiger partial charge in [-0.05, 0) is 66.9 Å². The van der Waals surface area contributed by atoms with E-state index in [0.717, 1.165) is 23.5 Å². The maximum Gasteiger partial charge on any atom is 0.0416 e. The van der Waals surface area contributed by atoms with Gasteiger partial charge in [0.25, 0.3) is 0 Å². The maximum absolute atomic E-state index is 3.51. The summed E-state index contributed by atoms with van der Waals surface area (Å²) in [6.07, 6.45) is 1.06. The van der Waals surface area contributed by atoms with Crippen LogP contribution in [0.2, 0.25) is 0 Å². The molecule has 0 saturated carbocycles.